The molecule has 0 aliphatic heterocycles. The molecule has 0 fully saturated rings. The standard InChI is InChI=1S/C21H18N2O2/c1-13-4-6-15(7-5-13)21(24)23-19-12-16(25-3)8-9-17(19)18-10-11-22-14(2)20(18)23/h4-12H,1-3H3. The number of carbonyl (C=O) groups is 1. The monoisotopic (exact) mass is 330 g/mol. The lowest BCUT2D eigenvalue weighted by Crippen LogP contribution is -2.12. The van der Waals surface area contributed by atoms with Crippen LogP contribution in [-0.2, 0) is 0 Å². The van der Waals surface area contributed by atoms with E-state index in [2.05, 4.69) is 4.98 Å². The van der Waals surface area contributed by atoms with Crippen LogP contribution in [0, 0.1) is 13.8 Å². The van der Waals surface area contributed by atoms with Crippen LogP contribution in [0.2, 0.25) is 0 Å². The molecule has 25 heavy (non-hydrogen) atoms. The fourth-order valence-electron chi connectivity index (χ4n) is 3.27. The molecule has 0 aliphatic carbocycles. The highest BCUT2D eigenvalue weighted by molar-refractivity contribution is 6.16. The molecule has 0 N–H and O–H groups in total. The molecule has 4 heteroatoms. The van der Waals surface area contributed by atoms with Crippen molar-refractivity contribution < 1.29 is 9.53 Å². The number of pyridine rings is 1. The Morgan fingerprint density at radius 3 is 2.48 bits per heavy atom. The van der Waals surface area contributed by atoms with Gasteiger partial charge in [-0.1, -0.05) is 17.7 Å². The van der Waals surface area contributed by atoms with E-state index in [1.807, 2.05) is 62.4 Å². The van der Waals surface area contributed by atoms with E-state index in [9.17, 15) is 4.79 Å². The molecule has 0 spiro atoms. The van der Waals surface area contributed by atoms with Crippen LogP contribution in [0.5, 0.6) is 5.75 Å². The number of benzene rings is 2. The molecule has 4 nitrogen and oxygen atoms in total. The van der Waals surface area contributed by atoms with E-state index in [1.165, 1.54) is 0 Å². The summed E-state index contributed by atoms with van der Waals surface area (Å²) in [6, 6.07) is 15.4. The van der Waals surface area contributed by atoms with Crippen LogP contribution in [0.4, 0.5) is 0 Å². The smallest absolute Gasteiger partial charge is 0.262 e. The Morgan fingerprint density at radius 2 is 1.76 bits per heavy atom. The molecule has 124 valence electrons. The summed E-state index contributed by atoms with van der Waals surface area (Å²) in [6.45, 7) is 3.94. The Hall–Kier alpha value is -3.14. The van der Waals surface area contributed by atoms with E-state index in [-0.39, 0.29) is 5.91 Å². The normalized spacial score (nSPS) is 11.2. The summed E-state index contributed by atoms with van der Waals surface area (Å²) in [5.74, 6) is 0.656. The van der Waals surface area contributed by atoms with Gasteiger partial charge in [-0.2, -0.15) is 0 Å². The van der Waals surface area contributed by atoms with E-state index >= 15 is 0 Å². The molecule has 0 unspecified atom stereocenters. The van der Waals surface area contributed by atoms with Gasteiger partial charge in [-0.05, 0) is 44.2 Å². The van der Waals surface area contributed by atoms with Gasteiger partial charge in [-0.3, -0.25) is 14.3 Å². The van der Waals surface area contributed by atoms with E-state index in [0.717, 1.165) is 38.8 Å². The Balaban J connectivity index is 2.08. The first kappa shape index (κ1) is 15.4. The topological polar surface area (TPSA) is 44.1 Å². The van der Waals surface area contributed by atoms with Gasteiger partial charge in [0.2, 0.25) is 0 Å². The Labute approximate surface area is 145 Å². The number of nitrogens with zero attached hydrogens (tertiary/aromatic N) is 2. The van der Waals surface area contributed by atoms with Crippen molar-refractivity contribution in [3.63, 3.8) is 0 Å². The molecular weight excluding hydrogens is 312 g/mol. The Morgan fingerprint density at radius 1 is 1.00 bits per heavy atom. The minimum Gasteiger partial charge on any atom is -0.497 e. The molecule has 0 saturated carbocycles. The predicted molar refractivity (Wildman–Crippen MR) is 99.4 cm³/mol. The van der Waals surface area contributed by atoms with Crippen molar-refractivity contribution in [1.29, 1.82) is 0 Å². The number of aryl methyl sites for hydroxylation is 2. The zero-order chi connectivity index (χ0) is 17.6. The largest absolute Gasteiger partial charge is 0.497 e. The highest BCUT2D eigenvalue weighted by atomic mass is 16.5. The van der Waals surface area contributed by atoms with E-state index < -0.39 is 0 Å². The minimum absolute atomic E-state index is 0.0654. The van der Waals surface area contributed by atoms with Crippen molar-refractivity contribution in [2.24, 2.45) is 0 Å². The Kier molecular flexibility index (Phi) is 3.53. The second-order valence-electron chi connectivity index (χ2n) is 6.18. The molecule has 2 heterocycles. The maximum atomic E-state index is 13.3. The van der Waals surface area contributed by atoms with Gasteiger partial charge < -0.3 is 4.74 Å². The zero-order valence-corrected chi connectivity index (χ0v) is 14.4. The number of aromatic nitrogens is 2. The minimum atomic E-state index is -0.0654. The first-order valence-corrected chi connectivity index (χ1v) is 8.15. The van der Waals surface area contributed by atoms with Crippen molar-refractivity contribution >= 4 is 27.7 Å². The van der Waals surface area contributed by atoms with Gasteiger partial charge >= 0.3 is 0 Å². The van der Waals surface area contributed by atoms with Gasteiger partial charge in [0, 0.05) is 28.6 Å². The molecule has 0 saturated heterocycles. The van der Waals surface area contributed by atoms with Gasteiger partial charge in [0.25, 0.3) is 5.91 Å². The number of ether oxygens (including phenoxy) is 1. The van der Waals surface area contributed by atoms with Crippen molar-refractivity contribution in [2.45, 2.75) is 13.8 Å². The van der Waals surface area contributed by atoms with Gasteiger partial charge in [-0.15, -0.1) is 0 Å². The molecule has 0 atom stereocenters. The molecule has 2 aromatic heterocycles. The van der Waals surface area contributed by atoms with Crippen molar-refractivity contribution in [3.8, 4) is 5.75 Å². The average Bonchev–Trinajstić information content (AvgIpc) is 2.96. The second kappa shape index (κ2) is 5.74. The molecule has 4 rings (SSSR count). The molecule has 0 bridgehead atoms. The fourth-order valence-corrected chi connectivity index (χ4v) is 3.27. The van der Waals surface area contributed by atoms with Crippen LogP contribution in [-0.4, -0.2) is 22.6 Å². The van der Waals surface area contributed by atoms with Gasteiger partial charge in [0.15, 0.2) is 0 Å². The number of fused-ring (bicyclic) bond motifs is 3. The summed E-state index contributed by atoms with van der Waals surface area (Å²) in [4.78, 5) is 17.7. The second-order valence-corrected chi connectivity index (χ2v) is 6.18. The number of rotatable bonds is 2. The molecule has 0 aliphatic rings. The number of hydrogen-bond donors (Lipinski definition) is 0. The van der Waals surface area contributed by atoms with Crippen LogP contribution in [0.25, 0.3) is 21.8 Å². The summed E-state index contributed by atoms with van der Waals surface area (Å²) in [5, 5.41) is 2.03. The third-order valence-corrected chi connectivity index (χ3v) is 4.57. The summed E-state index contributed by atoms with van der Waals surface area (Å²) in [6.07, 6.45) is 1.78. The maximum absolute atomic E-state index is 13.3. The maximum Gasteiger partial charge on any atom is 0.262 e. The van der Waals surface area contributed by atoms with Crippen LogP contribution in [0.15, 0.2) is 54.7 Å². The number of methoxy groups -OCH3 is 1. The number of hydrogen-bond acceptors (Lipinski definition) is 3. The molecular formula is C21H18N2O2. The zero-order valence-electron chi connectivity index (χ0n) is 14.4. The first-order valence-electron chi connectivity index (χ1n) is 8.15. The van der Waals surface area contributed by atoms with Gasteiger partial charge in [0.05, 0.1) is 23.8 Å². The van der Waals surface area contributed by atoms with Crippen LogP contribution in [0.3, 0.4) is 0 Å². The van der Waals surface area contributed by atoms with Crippen molar-refractivity contribution in [2.75, 3.05) is 7.11 Å². The quantitative estimate of drug-likeness (QED) is 0.543. The summed E-state index contributed by atoms with van der Waals surface area (Å²) < 4.78 is 7.11. The average molecular weight is 330 g/mol. The lowest BCUT2D eigenvalue weighted by molar-refractivity contribution is 0.0969. The third kappa shape index (κ3) is 2.38. The molecule has 2 aromatic carbocycles. The summed E-state index contributed by atoms with van der Waals surface area (Å²) in [5.41, 5.74) is 4.27. The van der Waals surface area contributed by atoms with Crippen LogP contribution < -0.4 is 4.74 Å². The van der Waals surface area contributed by atoms with E-state index in [4.69, 9.17) is 4.74 Å². The SMILES string of the molecule is COc1ccc2c3ccnc(C)c3n(C(=O)c3ccc(C)cc3)c2c1. The van der Waals surface area contributed by atoms with Crippen LogP contribution in [0.1, 0.15) is 21.6 Å². The fraction of sp³-hybridized carbons (Fsp3) is 0.143. The lowest BCUT2D eigenvalue weighted by atomic mass is 10.1. The van der Waals surface area contributed by atoms with E-state index in [1.54, 1.807) is 17.9 Å². The van der Waals surface area contributed by atoms with Gasteiger partial charge in [0.1, 0.15) is 5.75 Å². The van der Waals surface area contributed by atoms with E-state index in [0.29, 0.717) is 5.56 Å². The van der Waals surface area contributed by atoms with Gasteiger partial charge in [-0.25, -0.2) is 0 Å². The predicted octanol–water partition coefficient (Wildman–Crippen LogP) is 4.50. The summed E-state index contributed by atoms with van der Waals surface area (Å²) in [7, 11) is 1.63. The molecule has 0 radical (unpaired) electrons. The first-order chi connectivity index (χ1) is 12.1. The number of carbonyl (C=O) groups excluding carboxylic acids is 1. The third-order valence-electron chi connectivity index (χ3n) is 4.57. The Bertz CT molecular complexity index is 1110. The highest BCUT2D eigenvalue weighted by Gasteiger charge is 2.19. The molecule has 4 aromatic rings. The van der Waals surface area contributed by atoms with Crippen molar-refractivity contribution in [1.82, 2.24) is 9.55 Å². The molecule has 0 amide bonds. The van der Waals surface area contributed by atoms with Crippen molar-refractivity contribution in [3.05, 3.63) is 71.5 Å². The van der Waals surface area contributed by atoms with Crippen LogP contribution >= 0.6 is 0 Å². The summed E-state index contributed by atoms with van der Waals surface area (Å²) >= 11 is 0. The highest BCUT2D eigenvalue weighted by Crippen LogP contribution is 2.33. The lowest BCUT2D eigenvalue weighted by Gasteiger charge is -2.08.